The molecule has 2 rings (SSSR count). The van der Waals surface area contributed by atoms with Gasteiger partial charge < -0.3 is 10.2 Å². The number of carbonyl (C=O) groups excluding carboxylic acids is 2. The minimum Gasteiger partial charge on any atom is -0.357 e. The van der Waals surface area contributed by atoms with Crippen LogP contribution in [0.2, 0.25) is 0 Å². The molecule has 2 aromatic carbocycles. The Kier molecular flexibility index (Phi) is 6.75. The summed E-state index contributed by atoms with van der Waals surface area (Å²) in [4.78, 5) is 26.6. The van der Waals surface area contributed by atoms with Gasteiger partial charge in [0.05, 0.1) is 0 Å². The van der Waals surface area contributed by atoms with Gasteiger partial charge in [0, 0.05) is 20.0 Å². The maximum Gasteiger partial charge on any atom is 0.242 e. The summed E-state index contributed by atoms with van der Waals surface area (Å²) in [5, 5.41) is 2.64. The summed E-state index contributed by atoms with van der Waals surface area (Å²) in [5.74, 6) is -0.165. The number of nitrogens with zero attached hydrogens (tertiary/aromatic N) is 1. The summed E-state index contributed by atoms with van der Waals surface area (Å²) in [6, 6.07) is 17.5. The van der Waals surface area contributed by atoms with E-state index in [1.165, 1.54) is 0 Å². The van der Waals surface area contributed by atoms with Gasteiger partial charge in [0.25, 0.3) is 0 Å². The number of nitrogens with one attached hydrogen (secondary N) is 1. The first-order valence-electron chi connectivity index (χ1n) is 8.62. The van der Waals surface area contributed by atoms with Crippen LogP contribution >= 0.6 is 0 Å². The van der Waals surface area contributed by atoms with Gasteiger partial charge in [-0.05, 0) is 31.4 Å². The summed E-state index contributed by atoms with van der Waals surface area (Å²) in [5.41, 5.74) is 3.30. The highest BCUT2D eigenvalue weighted by atomic mass is 16.2. The monoisotopic (exact) mass is 338 g/mol. The molecule has 0 saturated carbocycles. The van der Waals surface area contributed by atoms with Crippen LogP contribution in [-0.4, -0.2) is 29.8 Å². The van der Waals surface area contributed by atoms with Gasteiger partial charge in [-0.25, -0.2) is 0 Å². The first-order chi connectivity index (χ1) is 12.0. The predicted octanol–water partition coefficient (Wildman–Crippen LogP) is 3.09. The fourth-order valence-electron chi connectivity index (χ4n) is 2.84. The third-order valence-corrected chi connectivity index (χ3v) is 4.32. The maximum absolute atomic E-state index is 12.8. The third kappa shape index (κ3) is 5.45. The van der Waals surface area contributed by atoms with Gasteiger partial charge in [0.15, 0.2) is 0 Å². The molecule has 0 saturated heterocycles. The van der Waals surface area contributed by atoms with Gasteiger partial charge >= 0.3 is 0 Å². The van der Waals surface area contributed by atoms with Crippen LogP contribution in [0.1, 0.15) is 30.0 Å². The van der Waals surface area contributed by atoms with E-state index in [9.17, 15) is 9.59 Å². The zero-order valence-corrected chi connectivity index (χ0v) is 15.2. The van der Waals surface area contributed by atoms with Crippen molar-refractivity contribution >= 4 is 11.8 Å². The fourth-order valence-corrected chi connectivity index (χ4v) is 2.84. The molecule has 2 amide bonds. The van der Waals surface area contributed by atoms with Crippen molar-refractivity contribution in [2.75, 3.05) is 7.05 Å². The van der Waals surface area contributed by atoms with E-state index in [2.05, 4.69) is 5.32 Å². The number of amides is 2. The van der Waals surface area contributed by atoms with Crippen molar-refractivity contribution in [2.24, 2.45) is 0 Å². The van der Waals surface area contributed by atoms with Crippen molar-refractivity contribution < 1.29 is 9.59 Å². The Bertz CT molecular complexity index is 713. The molecule has 0 radical (unpaired) electrons. The third-order valence-electron chi connectivity index (χ3n) is 4.32. The molecule has 1 atom stereocenters. The molecule has 132 valence electrons. The second kappa shape index (κ2) is 9.02. The lowest BCUT2D eigenvalue weighted by Crippen LogP contribution is -2.46. The Labute approximate surface area is 149 Å². The first kappa shape index (κ1) is 18.7. The van der Waals surface area contributed by atoms with E-state index in [4.69, 9.17) is 0 Å². The molecule has 1 N–H and O–H groups in total. The number of likely N-dealkylation sites (N-methyl/N-ethyl adjacent to an activating group) is 1. The Morgan fingerprint density at radius 3 is 2.36 bits per heavy atom. The van der Waals surface area contributed by atoms with Crippen LogP contribution in [-0.2, 0) is 22.6 Å². The topological polar surface area (TPSA) is 49.4 Å². The van der Waals surface area contributed by atoms with Crippen LogP contribution in [0.3, 0.4) is 0 Å². The molecule has 0 spiro atoms. The summed E-state index contributed by atoms with van der Waals surface area (Å²) in [6.45, 7) is 4.23. The molecule has 0 aromatic heterocycles. The quantitative estimate of drug-likeness (QED) is 0.843. The van der Waals surface area contributed by atoms with Gasteiger partial charge in [0.1, 0.15) is 6.04 Å². The second-order valence-electron chi connectivity index (χ2n) is 6.29. The van der Waals surface area contributed by atoms with Gasteiger partial charge in [-0.3, -0.25) is 9.59 Å². The number of carbonyl (C=O) groups is 2. The van der Waals surface area contributed by atoms with E-state index in [0.29, 0.717) is 19.4 Å². The summed E-state index contributed by atoms with van der Waals surface area (Å²) in [7, 11) is 1.60. The van der Waals surface area contributed by atoms with Crippen LogP contribution < -0.4 is 5.32 Å². The lowest BCUT2D eigenvalue weighted by atomic mass is 10.1. The van der Waals surface area contributed by atoms with Crippen molar-refractivity contribution in [3.63, 3.8) is 0 Å². The molecule has 1 unspecified atom stereocenters. The molecule has 4 heteroatoms. The van der Waals surface area contributed by atoms with Crippen LogP contribution in [0.25, 0.3) is 0 Å². The smallest absolute Gasteiger partial charge is 0.242 e. The van der Waals surface area contributed by atoms with Gasteiger partial charge in [-0.1, -0.05) is 60.2 Å². The Balaban J connectivity index is 2.12. The molecule has 0 aliphatic rings. The normalized spacial score (nSPS) is 11.6. The lowest BCUT2D eigenvalue weighted by molar-refractivity contribution is -0.140. The zero-order chi connectivity index (χ0) is 18.2. The van der Waals surface area contributed by atoms with E-state index in [0.717, 1.165) is 16.7 Å². The highest BCUT2D eigenvalue weighted by Crippen LogP contribution is 2.14. The largest absolute Gasteiger partial charge is 0.357 e. The second-order valence-corrected chi connectivity index (χ2v) is 6.29. The fraction of sp³-hybridized carbons (Fsp3) is 0.333. The molecule has 0 heterocycles. The standard InChI is InChI=1S/C21H26N2O2/c1-16-8-7-11-19(14-16)15-23(17(2)21(25)22-3)20(24)13-12-18-9-5-4-6-10-18/h4-11,14,17H,12-13,15H2,1-3H3,(H,22,25). The Morgan fingerprint density at radius 2 is 1.72 bits per heavy atom. The predicted molar refractivity (Wildman–Crippen MR) is 100 cm³/mol. The minimum absolute atomic E-state index is 0.0125. The van der Waals surface area contributed by atoms with Crippen LogP contribution in [0, 0.1) is 6.92 Å². The van der Waals surface area contributed by atoms with E-state index >= 15 is 0 Å². The molecular weight excluding hydrogens is 312 g/mol. The minimum atomic E-state index is -0.506. The lowest BCUT2D eigenvalue weighted by Gasteiger charge is -2.28. The van der Waals surface area contributed by atoms with Crippen molar-refractivity contribution in [1.82, 2.24) is 10.2 Å². The number of benzene rings is 2. The highest BCUT2D eigenvalue weighted by molar-refractivity contribution is 5.87. The Morgan fingerprint density at radius 1 is 1.04 bits per heavy atom. The van der Waals surface area contributed by atoms with Crippen LogP contribution in [0.5, 0.6) is 0 Å². The average molecular weight is 338 g/mol. The van der Waals surface area contributed by atoms with E-state index in [1.807, 2.05) is 61.5 Å². The zero-order valence-electron chi connectivity index (χ0n) is 15.2. The highest BCUT2D eigenvalue weighted by Gasteiger charge is 2.25. The summed E-state index contributed by atoms with van der Waals surface area (Å²) < 4.78 is 0. The number of hydrogen-bond acceptors (Lipinski definition) is 2. The van der Waals surface area contributed by atoms with Crippen LogP contribution in [0.15, 0.2) is 54.6 Å². The van der Waals surface area contributed by atoms with Crippen molar-refractivity contribution in [1.29, 1.82) is 0 Å². The molecule has 2 aromatic rings. The number of rotatable bonds is 7. The SMILES string of the molecule is CNC(=O)C(C)N(Cc1cccc(C)c1)C(=O)CCc1ccccc1. The van der Waals surface area contributed by atoms with Gasteiger partial charge in [-0.2, -0.15) is 0 Å². The molecule has 0 fully saturated rings. The summed E-state index contributed by atoms with van der Waals surface area (Å²) >= 11 is 0. The van der Waals surface area contributed by atoms with E-state index in [-0.39, 0.29) is 11.8 Å². The molecule has 25 heavy (non-hydrogen) atoms. The number of hydrogen-bond donors (Lipinski definition) is 1. The van der Waals surface area contributed by atoms with Crippen molar-refractivity contribution in [2.45, 2.75) is 39.3 Å². The van der Waals surface area contributed by atoms with Gasteiger partial charge in [0.2, 0.25) is 11.8 Å². The maximum atomic E-state index is 12.8. The van der Waals surface area contributed by atoms with Gasteiger partial charge in [-0.15, -0.1) is 0 Å². The van der Waals surface area contributed by atoms with Crippen LogP contribution in [0.4, 0.5) is 0 Å². The Hall–Kier alpha value is -2.62. The average Bonchev–Trinajstić information content (AvgIpc) is 2.64. The first-order valence-corrected chi connectivity index (χ1v) is 8.62. The molecule has 0 aliphatic carbocycles. The van der Waals surface area contributed by atoms with E-state index < -0.39 is 6.04 Å². The summed E-state index contributed by atoms with van der Waals surface area (Å²) in [6.07, 6.45) is 1.06. The van der Waals surface area contributed by atoms with E-state index in [1.54, 1.807) is 18.9 Å². The number of aryl methyl sites for hydroxylation is 2. The molecule has 0 bridgehead atoms. The molecule has 0 aliphatic heterocycles. The van der Waals surface area contributed by atoms with Crippen molar-refractivity contribution in [3.8, 4) is 0 Å². The molecular formula is C21H26N2O2. The van der Waals surface area contributed by atoms with Crippen molar-refractivity contribution in [3.05, 3.63) is 71.3 Å². The molecule has 4 nitrogen and oxygen atoms in total.